The van der Waals surface area contributed by atoms with Crippen LogP contribution < -0.4 is 5.32 Å². The third kappa shape index (κ3) is 12.2. The van der Waals surface area contributed by atoms with E-state index in [4.69, 9.17) is 25.7 Å². The van der Waals surface area contributed by atoms with Crippen molar-refractivity contribution in [3.63, 3.8) is 0 Å². The van der Waals surface area contributed by atoms with Gasteiger partial charge in [-0.05, 0) is 55.6 Å². The molecule has 55 heavy (non-hydrogen) atoms. The minimum Gasteiger partial charge on any atom is -0.477 e. The van der Waals surface area contributed by atoms with E-state index in [9.17, 15) is 14.4 Å². The van der Waals surface area contributed by atoms with Gasteiger partial charge in [0.05, 0.1) is 36.0 Å². The molecular weight excluding hydrogens is 699 g/mol. The number of ether oxygens (including phenoxy) is 2. The molecule has 0 aromatic carbocycles. The standard InChI is InChI=1S/C20H25N5O2.C19H22N4O3.C2H6/c1-23-8-10-24(11-9-23)12-13-27-19(22)6-5-18(21)20-16(15-26)14-17-4-2-3-7-25(17)20;20-17(19-15(14-24)13-16-3-1-2-7-23(16)19)4-5-18(25)21-6-8-22-9-11-26-12-10-22;1-2/h2-7,14-15,21-22H,8-13H2,1H3;1-5,7,13-14,20H,6,8-12H2,(H,21,25);1-2H3/b6-5-,21-18?,22-19?;5-4-,20-17?;. The van der Waals surface area contributed by atoms with E-state index < -0.39 is 0 Å². The predicted molar refractivity (Wildman–Crippen MR) is 217 cm³/mol. The van der Waals surface area contributed by atoms with Gasteiger partial charge in [0.1, 0.15) is 6.61 Å². The summed E-state index contributed by atoms with van der Waals surface area (Å²) in [7, 11) is 2.12. The Morgan fingerprint density at radius 1 is 0.745 bits per heavy atom. The van der Waals surface area contributed by atoms with E-state index in [0.29, 0.717) is 35.7 Å². The summed E-state index contributed by atoms with van der Waals surface area (Å²) in [5.41, 5.74) is 3.84. The molecule has 6 heterocycles. The first-order valence-corrected chi connectivity index (χ1v) is 18.6. The van der Waals surface area contributed by atoms with Crippen LogP contribution in [0.5, 0.6) is 0 Å². The van der Waals surface area contributed by atoms with Crippen molar-refractivity contribution in [1.29, 1.82) is 16.2 Å². The van der Waals surface area contributed by atoms with E-state index >= 15 is 0 Å². The molecule has 2 fully saturated rings. The molecule has 0 aliphatic carbocycles. The Hall–Kier alpha value is -5.54. The maximum absolute atomic E-state index is 12.0. The fourth-order valence-electron chi connectivity index (χ4n) is 6.14. The van der Waals surface area contributed by atoms with Gasteiger partial charge in [0.2, 0.25) is 11.8 Å². The van der Waals surface area contributed by atoms with Crippen molar-refractivity contribution in [3.8, 4) is 0 Å². The Morgan fingerprint density at radius 3 is 1.82 bits per heavy atom. The maximum atomic E-state index is 12.0. The number of likely N-dealkylation sites (N-methyl/N-ethyl adjacent to an activating group) is 1. The van der Waals surface area contributed by atoms with E-state index in [0.717, 1.165) is 89.2 Å². The van der Waals surface area contributed by atoms with Crippen LogP contribution in [0.4, 0.5) is 0 Å². The number of fused-ring (bicyclic) bond motifs is 2. The molecule has 0 spiro atoms. The second-order valence-corrected chi connectivity index (χ2v) is 12.7. The summed E-state index contributed by atoms with van der Waals surface area (Å²) in [6, 6.07) is 14.7. The number of carbonyl (C=O) groups excluding carboxylic acids is 3. The molecule has 0 saturated carbocycles. The van der Waals surface area contributed by atoms with Gasteiger partial charge in [0, 0.05) is 106 Å². The first kappa shape index (κ1) is 42.2. The minimum absolute atomic E-state index is 0.0161. The first-order chi connectivity index (χ1) is 26.8. The lowest BCUT2D eigenvalue weighted by Gasteiger charge is -2.32. The number of nitrogens with one attached hydrogen (secondary N) is 4. The fraction of sp³-hybridized carbons (Fsp3) is 0.366. The van der Waals surface area contributed by atoms with Crippen LogP contribution in [0.3, 0.4) is 0 Å². The molecule has 0 bridgehead atoms. The van der Waals surface area contributed by atoms with E-state index in [1.54, 1.807) is 27.1 Å². The third-order valence-electron chi connectivity index (χ3n) is 9.08. The summed E-state index contributed by atoms with van der Waals surface area (Å²) in [5, 5.41) is 27.2. The number of aromatic nitrogens is 2. The Balaban J connectivity index is 0.000000234. The molecule has 2 aliphatic rings. The van der Waals surface area contributed by atoms with Gasteiger partial charge in [-0.3, -0.25) is 40.4 Å². The molecule has 14 heteroatoms. The second-order valence-electron chi connectivity index (χ2n) is 12.7. The molecule has 4 aromatic rings. The average molecular weight is 752 g/mol. The fourth-order valence-corrected chi connectivity index (χ4v) is 6.14. The Kier molecular flexibility index (Phi) is 16.9. The zero-order valence-electron chi connectivity index (χ0n) is 32.0. The summed E-state index contributed by atoms with van der Waals surface area (Å²) in [6.07, 6.45) is 10.8. The van der Waals surface area contributed by atoms with Crippen molar-refractivity contribution in [1.82, 2.24) is 28.8 Å². The number of amides is 1. The monoisotopic (exact) mass is 751 g/mol. The number of rotatable bonds is 14. The van der Waals surface area contributed by atoms with Crippen LogP contribution in [0.2, 0.25) is 0 Å². The summed E-state index contributed by atoms with van der Waals surface area (Å²) >= 11 is 0. The van der Waals surface area contributed by atoms with Crippen molar-refractivity contribution in [2.45, 2.75) is 13.8 Å². The van der Waals surface area contributed by atoms with Crippen LogP contribution in [0, 0.1) is 16.2 Å². The van der Waals surface area contributed by atoms with Crippen LogP contribution in [0.25, 0.3) is 11.0 Å². The summed E-state index contributed by atoms with van der Waals surface area (Å²) < 4.78 is 14.3. The van der Waals surface area contributed by atoms with Crippen LogP contribution in [0.1, 0.15) is 46.0 Å². The summed E-state index contributed by atoms with van der Waals surface area (Å²) in [6.45, 7) is 13.9. The SMILES string of the molecule is CC.CN1CCN(CCOC(=N)/C=C\C(=N)c2c(C=O)cc3ccccn23)CC1.N=C(/C=C\C(=O)NCCN1CCOCC1)c1c(C=O)cc2ccccn12. The van der Waals surface area contributed by atoms with Gasteiger partial charge in [-0.15, -0.1) is 0 Å². The summed E-state index contributed by atoms with van der Waals surface area (Å²) in [4.78, 5) is 41.5. The molecule has 6 rings (SSSR count). The van der Waals surface area contributed by atoms with E-state index in [1.165, 1.54) is 24.3 Å². The molecule has 2 saturated heterocycles. The number of pyridine rings is 2. The van der Waals surface area contributed by atoms with Gasteiger partial charge in [0.25, 0.3) is 0 Å². The molecular formula is C41H53N9O5. The van der Waals surface area contributed by atoms with Crippen LogP contribution in [-0.2, 0) is 14.3 Å². The molecule has 0 atom stereocenters. The quantitative estimate of drug-likeness (QED) is 0.0647. The van der Waals surface area contributed by atoms with Crippen LogP contribution in [-0.4, -0.2) is 145 Å². The van der Waals surface area contributed by atoms with Crippen molar-refractivity contribution >= 4 is 46.8 Å². The topological polar surface area (TPSA) is 172 Å². The predicted octanol–water partition coefficient (Wildman–Crippen LogP) is 4.07. The lowest BCUT2D eigenvalue weighted by Crippen LogP contribution is -2.45. The van der Waals surface area contributed by atoms with Crippen molar-refractivity contribution in [3.05, 3.63) is 108 Å². The lowest BCUT2D eigenvalue weighted by atomic mass is 10.1. The highest BCUT2D eigenvalue weighted by Gasteiger charge is 2.16. The zero-order chi connectivity index (χ0) is 39.6. The number of allylic oxidation sites excluding steroid dienone is 2. The highest BCUT2D eigenvalue weighted by molar-refractivity contribution is 6.13. The van der Waals surface area contributed by atoms with Crippen LogP contribution in [0.15, 0.2) is 85.2 Å². The lowest BCUT2D eigenvalue weighted by molar-refractivity contribution is -0.116. The smallest absolute Gasteiger partial charge is 0.244 e. The molecule has 2 aliphatic heterocycles. The van der Waals surface area contributed by atoms with E-state index in [2.05, 4.69) is 27.1 Å². The van der Waals surface area contributed by atoms with Gasteiger partial charge < -0.3 is 28.5 Å². The zero-order valence-corrected chi connectivity index (χ0v) is 32.0. The molecule has 14 nitrogen and oxygen atoms in total. The highest BCUT2D eigenvalue weighted by Crippen LogP contribution is 2.17. The summed E-state index contributed by atoms with van der Waals surface area (Å²) in [5.74, 6) is -0.237. The van der Waals surface area contributed by atoms with Crippen molar-refractivity contribution in [2.24, 2.45) is 0 Å². The average Bonchev–Trinajstić information content (AvgIpc) is 3.80. The maximum Gasteiger partial charge on any atom is 0.244 e. The van der Waals surface area contributed by atoms with Gasteiger partial charge in [0.15, 0.2) is 12.6 Å². The Bertz CT molecular complexity index is 1980. The second kappa shape index (κ2) is 22.0. The number of carbonyl (C=O) groups is 3. The van der Waals surface area contributed by atoms with E-state index in [-0.39, 0.29) is 23.2 Å². The first-order valence-electron chi connectivity index (χ1n) is 18.6. The Labute approximate surface area is 322 Å². The van der Waals surface area contributed by atoms with Gasteiger partial charge in [-0.25, -0.2) is 0 Å². The minimum atomic E-state index is -0.253. The van der Waals surface area contributed by atoms with Gasteiger partial charge >= 0.3 is 0 Å². The van der Waals surface area contributed by atoms with Crippen molar-refractivity contribution < 1.29 is 23.9 Å². The largest absolute Gasteiger partial charge is 0.477 e. The van der Waals surface area contributed by atoms with Crippen molar-refractivity contribution in [2.75, 3.05) is 85.8 Å². The highest BCUT2D eigenvalue weighted by atomic mass is 16.5. The number of piperazine rings is 1. The molecule has 1 amide bonds. The van der Waals surface area contributed by atoms with Crippen LogP contribution >= 0.6 is 0 Å². The molecule has 4 aromatic heterocycles. The number of hydrogen-bond acceptors (Lipinski definition) is 11. The normalized spacial score (nSPS) is 15.3. The Morgan fingerprint density at radius 2 is 1.27 bits per heavy atom. The molecule has 0 radical (unpaired) electrons. The number of hydrogen-bond donors (Lipinski definition) is 4. The van der Waals surface area contributed by atoms with Gasteiger partial charge in [-0.2, -0.15) is 0 Å². The number of morpholine rings is 1. The number of nitrogens with zero attached hydrogens (tertiary/aromatic N) is 5. The number of aldehydes is 2. The molecule has 4 N–H and O–H groups in total. The van der Waals surface area contributed by atoms with Gasteiger partial charge in [-0.1, -0.05) is 26.0 Å². The van der Waals surface area contributed by atoms with E-state index in [1.807, 2.05) is 56.4 Å². The molecule has 292 valence electrons. The molecule has 0 unspecified atom stereocenters. The third-order valence-corrected chi connectivity index (χ3v) is 9.08.